The van der Waals surface area contributed by atoms with Gasteiger partial charge in [-0.2, -0.15) is 5.10 Å². The number of aromatic nitrogens is 4. The van der Waals surface area contributed by atoms with E-state index in [9.17, 15) is 4.79 Å². The zero-order valence-corrected chi connectivity index (χ0v) is 14.9. The molecule has 8 nitrogen and oxygen atoms in total. The summed E-state index contributed by atoms with van der Waals surface area (Å²) in [5, 5.41) is 4.37. The van der Waals surface area contributed by atoms with Crippen LogP contribution in [0.4, 0.5) is 0 Å². The molecule has 0 saturated carbocycles. The summed E-state index contributed by atoms with van der Waals surface area (Å²) < 4.78 is 13.3. The van der Waals surface area contributed by atoms with Gasteiger partial charge in [-0.3, -0.25) is 9.48 Å². The molecule has 0 aliphatic carbocycles. The predicted molar refractivity (Wildman–Crippen MR) is 92.4 cm³/mol. The van der Waals surface area contributed by atoms with Gasteiger partial charge in [0.1, 0.15) is 6.10 Å². The molecule has 138 valence electrons. The number of fused-ring (bicyclic) bond motifs is 1. The maximum atomic E-state index is 13.0. The summed E-state index contributed by atoms with van der Waals surface area (Å²) in [6.45, 7) is 4.81. The Hall–Kier alpha value is -2.48. The van der Waals surface area contributed by atoms with Gasteiger partial charge in [0.25, 0.3) is 0 Å². The minimum Gasteiger partial charge on any atom is -0.456 e. The lowest BCUT2D eigenvalue weighted by atomic mass is 9.98. The number of ether oxygens (including phenoxy) is 2. The van der Waals surface area contributed by atoms with Crippen molar-refractivity contribution < 1.29 is 14.3 Å². The number of amides is 1. The van der Waals surface area contributed by atoms with Gasteiger partial charge < -0.3 is 14.4 Å². The first-order chi connectivity index (χ1) is 12.7. The molecule has 1 amide bonds. The van der Waals surface area contributed by atoms with E-state index in [0.29, 0.717) is 38.9 Å². The molecule has 0 spiro atoms. The minimum atomic E-state index is -0.248. The lowest BCUT2D eigenvalue weighted by Crippen LogP contribution is -2.43. The highest BCUT2D eigenvalue weighted by Gasteiger charge is 2.32. The fourth-order valence-electron chi connectivity index (χ4n) is 3.49. The van der Waals surface area contributed by atoms with Gasteiger partial charge >= 0.3 is 6.01 Å². The second-order valence-corrected chi connectivity index (χ2v) is 6.83. The number of aryl methyl sites for hydroxylation is 1. The highest BCUT2D eigenvalue weighted by molar-refractivity contribution is 5.79. The Kier molecular flexibility index (Phi) is 4.83. The van der Waals surface area contributed by atoms with E-state index in [1.165, 1.54) is 0 Å². The third-order valence-corrected chi connectivity index (χ3v) is 4.88. The second kappa shape index (κ2) is 7.41. The third-order valence-electron chi connectivity index (χ3n) is 4.88. The van der Waals surface area contributed by atoms with Crippen LogP contribution in [0.5, 0.6) is 6.01 Å². The number of carbonyl (C=O) groups excluding carboxylic acids is 1. The zero-order valence-electron chi connectivity index (χ0n) is 14.9. The molecular formula is C18H23N5O3. The largest absolute Gasteiger partial charge is 0.456 e. The van der Waals surface area contributed by atoms with Crippen LogP contribution in [0.25, 0.3) is 0 Å². The Balaban J connectivity index is 1.54. The third kappa shape index (κ3) is 3.70. The molecule has 1 fully saturated rings. The van der Waals surface area contributed by atoms with Gasteiger partial charge in [0.15, 0.2) is 0 Å². The number of hydrogen-bond donors (Lipinski definition) is 0. The van der Waals surface area contributed by atoms with Crippen LogP contribution in [0.2, 0.25) is 0 Å². The van der Waals surface area contributed by atoms with Crippen LogP contribution in [0.15, 0.2) is 24.5 Å². The van der Waals surface area contributed by atoms with Gasteiger partial charge in [-0.25, -0.2) is 9.97 Å². The van der Waals surface area contributed by atoms with Crippen molar-refractivity contribution >= 4 is 5.91 Å². The van der Waals surface area contributed by atoms with E-state index >= 15 is 0 Å². The molecule has 2 aliphatic heterocycles. The van der Waals surface area contributed by atoms with E-state index in [0.717, 1.165) is 24.2 Å². The van der Waals surface area contributed by atoms with Crippen LogP contribution in [0.3, 0.4) is 0 Å². The van der Waals surface area contributed by atoms with Crippen LogP contribution in [-0.4, -0.2) is 56.4 Å². The standard InChI is InChI=1S/C18H23N5O3/c1-13-2-6-19-18(21-13)26-16-11-22(10-15-3-7-20-23(15)12-16)17(24)14-4-8-25-9-5-14/h2-3,6-7,14,16H,4-5,8-12H2,1H3. The predicted octanol–water partition coefficient (Wildman–Crippen LogP) is 1.20. The summed E-state index contributed by atoms with van der Waals surface area (Å²) in [5.74, 6) is 0.191. The Bertz CT molecular complexity index is 772. The molecule has 0 aromatic carbocycles. The quantitative estimate of drug-likeness (QED) is 0.821. The van der Waals surface area contributed by atoms with E-state index in [-0.39, 0.29) is 17.9 Å². The molecule has 0 radical (unpaired) electrons. The maximum absolute atomic E-state index is 13.0. The molecule has 26 heavy (non-hydrogen) atoms. The fourth-order valence-corrected chi connectivity index (χ4v) is 3.49. The normalized spacial score (nSPS) is 21.1. The Labute approximate surface area is 152 Å². The number of hydrogen-bond acceptors (Lipinski definition) is 6. The SMILES string of the molecule is Cc1ccnc(OC2CN(C(=O)C3CCOCC3)Cc3ccnn3C2)n1. The molecule has 1 saturated heterocycles. The minimum absolute atomic E-state index is 0.0223. The second-order valence-electron chi connectivity index (χ2n) is 6.83. The molecule has 1 atom stereocenters. The highest BCUT2D eigenvalue weighted by Crippen LogP contribution is 2.22. The first kappa shape index (κ1) is 17.0. The van der Waals surface area contributed by atoms with Crippen molar-refractivity contribution in [1.82, 2.24) is 24.6 Å². The monoisotopic (exact) mass is 357 g/mol. The van der Waals surface area contributed by atoms with Crippen molar-refractivity contribution in [2.24, 2.45) is 5.92 Å². The summed E-state index contributed by atoms with van der Waals surface area (Å²) in [7, 11) is 0. The number of nitrogens with zero attached hydrogens (tertiary/aromatic N) is 5. The van der Waals surface area contributed by atoms with E-state index in [1.807, 2.05) is 28.6 Å². The molecule has 2 aliphatic rings. The van der Waals surface area contributed by atoms with Crippen molar-refractivity contribution in [2.75, 3.05) is 19.8 Å². The van der Waals surface area contributed by atoms with Crippen LogP contribution < -0.4 is 4.74 Å². The summed E-state index contributed by atoms with van der Waals surface area (Å²) >= 11 is 0. The molecule has 0 bridgehead atoms. The van der Waals surface area contributed by atoms with Crippen molar-refractivity contribution in [1.29, 1.82) is 0 Å². The lowest BCUT2D eigenvalue weighted by molar-refractivity contribution is -0.140. The summed E-state index contributed by atoms with van der Waals surface area (Å²) in [6.07, 6.45) is 4.75. The number of carbonyl (C=O) groups is 1. The fraction of sp³-hybridized carbons (Fsp3) is 0.556. The van der Waals surface area contributed by atoms with Gasteiger partial charge in [0.2, 0.25) is 5.91 Å². The maximum Gasteiger partial charge on any atom is 0.316 e. The van der Waals surface area contributed by atoms with E-state index in [2.05, 4.69) is 15.1 Å². The van der Waals surface area contributed by atoms with E-state index in [4.69, 9.17) is 9.47 Å². The molecule has 4 heterocycles. The van der Waals surface area contributed by atoms with E-state index in [1.54, 1.807) is 12.4 Å². The summed E-state index contributed by atoms with van der Waals surface area (Å²) in [6, 6.07) is 4.12. The van der Waals surface area contributed by atoms with Crippen molar-refractivity contribution in [3.05, 3.63) is 35.9 Å². The van der Waals surface area contributed by atoms with Crippen molar-refractivity contribution in [2.45, 2.75) is 39.0 Å². The summed E-state index contributed by atoms with van der Waals surface area (Å²) in [4.78, 5) is 23.4. The van der Waals surface area contributed by atoms with Gasteiger partial charge in [-0.15, -0.1) is 0 Å². The Morgan fingerprint density at radius 3 is 2.88 bits per heavy atom. The Morgan fingerprint density at radius 1 is 1.23 bits per heavy atom. The Morgan fingerprint density at radius 2 is 2.08 bits per heavy atom. The van der Waals surface area contributed by atoms with Gasteiger partial charge in [-0.1, -0.05) is 0 Å². The van der Waals surface area contributed by atoms with Crippen LogP contribution >= 0.6 is 0 Å². The van der Waals surface area contributed by atoms with Crippen molar-refractivity contribution in [3.63, 3.8) is 0 Å². The average Bonchev–Trinajstić information content (AvgIpc) is 3.00. The van der Waals surface area contributed by atoms with Crippen molar-refractivity contribution in [3.8, 4) is 6.01 Å². The highest BCUT2D eigenvalue weighted by atomic mass is 16.5. The molecule has 4 rings (SSSR count). The molecule has 2 aromatic rings. The number of rotatable bonds is 3. The molecular weight excluding hydrogens is 334 g/mol. The summed E-state index contributed by atoms with van der Waals surface area (Å²) in [5.41, 5.74) is 1.86. The molecule has 1 unspecified atom stereocenters. The smallest absolute Gasteiger partial charge is 0.316 e. The molecule has 2 aromatic heterocycles. The molecule has 0 N–H and O–H groups in total. The van der Waals surface area contributed by atoms with Gasteiger partial charge in [-0.05, 0) is 31.9 Å². The van der Waals surface area contributed by atoms with Crippen LogP contribution in [0, 0.1) is 12.8 Å². The van der Waals surface area contributed by atoms with Crippen LogP contribution in [-0.2, 0) is 22.6 Å². The van der Waals surface area contributed by atoms with E-state index < -0.39 is 0 Å². The van der Waals surface area contributed by atoms with Crippen LogP contribution in [0.1, 0.15) is 24.2 Å². The average molecular weight is 357 g/mol. The first-order valence-corrected chi connectivity index (χ1v) is 9.02. The lowest BCUT2D eigenvalue weighted by Gasteiger charge is -2.29. The zero-order chi connectivity index (χ0) is 17.9. The molecule has 8 heteroatoms. The van der Waals surface area contributed by atoms with Gasteiger partial charge in [0, 0.05) is 37.2 Å². The topological polar surface area (TPSA) is 82.4 Å². The van der Waals surface area contributed by atoms with Gasteiger partial charge in [0.05, 0.1) is 25.3 Å². The first-order valence-electron chi connectivity index (χ1n) is 9.02.